The van der Waals surface area contributed by atoms with E-state index in [0.29, 0.717) is 6.54 Å². The largest absolute Gasteiger partial charge is 0.438 e. The molecule has 0 spiro atoms. The summed E-state index contributed by atoms with van der Waals surface area (Å²) in [6, 6.07) is 2.14. The Morgan fingerprint density at radius 1 is 1.47 bits per heavy atom. The third-order valence-electron chi connectivity index (χ3n) is 2.29. The summed E-state index contributed by atoms with van der Waals surface area (Å²) < 4.78 is 5.62. The molecule has 0 amide bonds. The van der Waals surface area contributed by atoms with Crippen molar-refractivity contribution < 1.29 is 4.42 Å². The van der Waals surface area contributed by atoms with Gasteiger partial charge in [-0.25, -0.2) is 4.98 Å². The molecule has 2 aromatic rings. The maximum Gasteiger partial charge on any atom is 0.208 e. The van der Waals surface area contributed by atoms with E-state index in [9.17, 15) is 0 Å². The van der Waals surface area contributed by atoms with E-state index >= 15 is 0 Å². The summed E-state index contributed by atoms with van der Waals surface area (Å²) in [4.78, 5) is 6.68. The Bertz CT molecular complexity index is 439. The van der Waals surface area contributed by atoms with Gasteiger partial charge in [0.15, 0.2) is 5.76 Å². The third-order valence-corrected chi connectivity index (χ3v) is 3.46. The summed E-state index contributed by atoms with van der Waals surface area (Å²) in [6.45, 7) is 4.90. The molecule has 2 rings (SSSR count). The number of aryl methyl sites for hydroxylation is 2. The average Bonchev–Trinajstić information content (AvgIpc) is 2.76. The van der Waals surface area contributed by atoms with Gasteiger partial charge in [-0.05, 0) is 32.5 Å². The molecule has 0 aliphatic rings. The van der Waals surface area contributed by atoms with Crippen LogP contribution in [0.25, 0.3) is 10.6 Å². The van der Waals surface area contributed by atoms with E-state index in [1.54, 1.807) is 17.5 Å². The number of hydrogen-bond acceptors (Lipinski definition) is 4. The lowest BCUT2D eigenvalue weighted by Gasteiger charge is -1.91. The van der Waals surface area contributed by atoms with Crippen LogP contribution in [0.2, 0.25) is 0 Å². The van der Waals surface area contributed by atoms with Gasteiger partial charge in [-0.15, -0.1) is 11.3 Å². The van der Waals surface area contributed by atoms with Crippen molar-refractivity contribution in [2.45, 2.75) is 20.4 Å². The van der Waals surface area contributed by atoms with Crippen molar-refractivity contribution in [3.63, 3.8) is 0 Å². The fraction of sp³-hybridized carbons (Fsp3) is 0.364. The highest BCUT2D eigenvalue weighted by molar-refractivity contribution is 7.15. The summed E-state index contributed by atoms with van der Waals surface area (Å²) in [5.74, 6) is 1.60. The first-order valence-corrected chi connectivity index (χ1v) is 5.69. The lowest BCUT2D eigenvalue weighted by Crippen LogP contribution is -2.04. The van der Waals surface area contributed by atoms with E-state index in [0.717, 1.165) is 16.5 Å². The number of oxazole rings is 1. The molecule has 0 saturated carbocycles. The van der Waals surface area contributed by atoms with Crippen LogP contribution >= 0.6 is 11.3 Å². The van der Waals surface area contributed by atoms with E-state index in [1.807, 2.05) is 7.05 Å². The van der Waals surface area contributed by atoms with E-state index in [4.69, 9.17) is 4.42 Å². The minimum Gasteiger partial charge on any atom is -0.438 e. The molecule has 2 heterocycles. The maximum atomic E-state index is 5.62. The van der Waals surface area contributed by atoms with E-state index < -0.39 is 0 Å². The Balaban J connectivity index is 2.28. The van der Waals surface area contributed by atoms with Crippen molar-refractivity contribution >= 4 is 11.3 Å². The molecule has 0 aromatic carbocycles. The Kier molecular flexibility index (Phi) is 2.88. The molecule has 80 valence electrons. The van der Waals surface area contributed by atoms with Crippen molar-refractivity contribution in [3.05, 3.63) is 28.6 Å². The van der Waals surface area contributed by atoms with Crippen LogP contribution in [0.15, 0.2) is 16.7 Å². The van der Waals surface area contributed by atoms with Crippen molar-refractivity contribution in [2.75, 3.05) is 7.05 Å². The Hall–Kier alpha value is -1.13. The van der Waals surface area contributed by atoms with Crippen molar-refractivity contribution in [2.24, 2.45) is 0 Å². The molecular weight excluding hydrogens is 208 g/mol. The fourth-order valence-electron chi connectivity index (χ4n) is 1.35. The van der Waals surface area contributed by atoms with Gasteiger partial charge in [-0.3, -0.25) is 0 Å². The Morgan fingerprint density at radius 2 is 2.27 bits per heavy atom. The molecule has 0 aliphatic carbocycles. The van der Waals surface area contributed by atoms with Gasteiger partial charge in [0.05, 0.1) is 17.6 Å². The monoisotopic (exact) mass is 222 g/mol. The smallest absolute Gasteiger partial charge is 0.208 e. The standard InChI is InChI=1S/C11H14N2OS/c1-7-4-10(15-8(7)2)9-5-13-11(14-9)6-12-3/h4-5,12H,6H2,1-3H3. The molecule has 0 bridgehead atoms. The van der Waals surface area contributed by atoms with Gasteiger partial charge < -0.3 is 9.73 Å². The lowest BCUT2D eigenvalue weighted by atomic mass is 10.3. The second kappa shape index (κ2) is 4.16. The second-order valence-corrected chi connectivity index (χ2v) is 4.75. The number of rotatable bonds is 3. The predicted molar refractivity (Wildman–Crippen MR) is 62.1 cm³/mol. The SMILES string of the molecule is CNCc1ncc(-c2cc(C)c(C)s2)o1. The predicted octanol–water partition coefficient (Wildman–Crippen LogP) is 2.74. The van der Waals surface area contributed by atoms with Crippen LogP contribution in [-0.4, -0.2) is 12.0 Å². The zero-order valence-electron chi connectivity index (χ0n) is 9.13. The number of nitrogens with one attached hydrogen (secondary N) is 1. The molecule has 0 radical (unpaired) electrons. The minimum atomic E-state index is 0.670. The second-order valence-electron chi connectivity index (χ2n) is 3.50. The van der Waals surface area contributed by atoms with Gasteiger partial charge in [-0.1, -0.05) is 0 Å². The molecule has 0 saturated heterocycles. The molecule has 2 aromatic heterocycles. The summed E-state index contributed by atoms with van der Waals surface area (Å²) in [7, 11) is 1.88. The number of thiophene rings is 1. The van der Waals surface area contributed by atoms with Gasteiger partial charge in [-0.2, -0.15) is 0 Å². The Morgan fingerprint density at radius 3 is 2.87 bits per heavy atom. The number of nitrogens with zero attached hydrogens (tertiary/aromatic N) is 1. The van der Waals surface area contributed by atoms with Crippen molar-refractivity contribution in [1.29, 1.82) is 0 Å². The zero-order valence-corrected chi connectivity index (χ0v) is 9.94. The van der Waals surface area contributed by atoms with Crippen LogP contribution in [0.3, 0.4) is 0 Å². The first-order chi connectivity index (χ1) is 7.20. The van der Waals surface area contributed by atoms with Crippen LogP contribution in [0, 0.1) is 13.8 Å². The van der Waals surface area contributed by atoms with Gasteiger partial charge in [0.2, 0.25) is 5.89 Å². The summed E-state index contributed by atoms with van der Waals surface area (Å²) >= 11 is 1.74. The summed E-state index contributed by atoms with van der Waals surface area (Å²) in [5.41, 5.74) is 1.31. The van der Waals surface area contributed by atoms with Gasteiger partial charge >= 0.3 is 0 Å². The highest BCUT2D eigenvalue weighted by atomic mass is 32.1. The number of hydrogen-bond donors (Lipinski definition) is 1. The molecule has 1 N–H and O–H groups in total. The van der Waals surface area contributed by atoms with E-state index in [-0.39, 0.29) is 0 Å². The van der Waals surface area contributed by atoms with Crippen molar-refractivity contribution in [1.82, 2.24) is 10.3 Å². The van der Waals surface area contributed by atoms with Gasteiger partial charge in [0, 0.05) is 4.88 Å². The fourth-order valence-corrected chi connectivity index (χ4v) is 2.33. The number of aromatic nitrogens is 1. The van der Waals surface area contributed by atoms with Gasteiger partial charge in [0.25, 0.3) is 0 Å². The first kappa shape index (κ1) is 10.4. The molecule has 4 heteroatoms. The minimum absolute atomic E-state index is 0.670. The van der Waals surface area contributed by atoms with Crippen LogP contribution in [0.5, 0.6) is 0 Å². The molecule has 0 atom stereocenters. The topological polar surface area (TPSA) is 38.1 Å². The molecule has 3 nitrogen and oxygen atoms in total. The normalized spacial score (nSPS) is 10.9. The quantitative estimate of drug-likeness (QED) is 0.867. The third kappa shape index (κ3) is 2.11. The molecule has 0 unspecified atom stereocenters. The molecule has 0 fully saturated rings. The molecular formula is C11H14N2OS. The molecule has 0 aliphatic heterocycles. The highest BCUT2D eigenvalue weighted by Gasteiger charge is 2.09. The van der Waals surface area contributed by atoms with Gasteiger partial charge in [0.1, 0.15) is 0 Å². The van der Waals surface area contributed by atoms with E-state index in [1.165, 1.54) is 10.4 Å². The first-order valence-electron chi connectivity index (χ1n) is 4.87. The summed E-state index contributed by atoms with van der Waals surface area (Å²) in [5, 5.41) is 3.01. The van der Waals surface area contributed by atoms with Crippen LogP contribution < -0.4 is 5.32 Å². The maximum absolute atomic E-state index is 5.62. The average molecular weight is 222 g/mol. The van der Waals surface area contributed by atoms with E-state index in [2.05, 4.69) is 30.2 Å². The zero-order chi connectivity index (χ0) is 10.8. The lowest BCUT2D eigenvalue weighted by molar-refractivity contribution is 0.491. The highest BCUT2D eigenvalue weighted by Crippen LogP contribution is 2.30. The van der Waals surface area contributed by atoms with Crippen LogP contribution in [0.4, 0.5) is 0 Å². The summed E-state index contributed by atoms with van der Waals surface area (Å²) in [6.07, 6.45) is 1.79. The Labute approximate surface area is 93.2 Å². The van der Waals surface area contributed by atoms with Crippen molar-refractivity contribution in [3.8, 4) is 10.6 Å². The molecule has 15 heavy (non-hydrogen) atoms. The van der Waals surface area contributed by atoms with Crippen LogP contribution in [-0.2, 0) is 6.54 Å². The van der Waals surface area contributed by atoms with Crippen LogP contribution in [0.1, 0.15) is 16.3 Å².